The molecule has 0 spiro atoms. The monoisotopic (exact) mass is 681 g/mol. The van der Waals surface area contributed by atoms with Crippen LogP contribution in [-0.4, -0.2) is 32.5 Å². The van der Waals surface area contributed by atoms with Gasteiger partial charge in [0.05, 0.1) is 0 Å². The Hall–Kier alpha value is -2.89. The molecule has 4 atom stereocenters. The first-order chi connectivity index (χ1) is 22.9. The van der Waals surface area contributed by atoms with Gasteiger partial charge in [-0.15, -0.1) is 0 Å². The van der Waals surface area contributed by atoms with Crippen LogP contribution in [0, 0.1) is 45.4 Å². The first-order valence-corrected chi connectivity index (χ1v) is 19.2. The molecule has 2 aliphatic heterocycles. The van der Waals surface area contributed by atoms with Crippen molar-refractivity contribution in [3.05, 3.63) is 45.5 Å². The number of rotatable bonds is 15. The van der Waals surface area contributed by atoms with Crippen LogP contribution in [0.1, 0.15) is 158 Å². The second kappa shape index (κ2) is 17.9. The van der Waals surface area contributed by atoms with Gasteiger partial charge in [-0.1, -0.05) is 72.6 Å². The predicted molar refractivity (Wildman–Crippen MR) is 201 cm³/mol. The van der Waals surface area contributed by atoms with Gasteiger partial charge in [0.1, 0.15) is 34.2 Å². The van der Waals surface area contributed by atoms with Crippen molar-refractivity contribution in [2.24, 2.45) is 17.8 Å². The van der Waals surface area contributed by atoms with E-state index in [1.165, 1.54) is 56.9 Å². The average Bonchev–Trinajstić information content (AvgIpc) is 3.03. The zero-order valence-corrected chi connectivity index (χ0v) is 32.6. The topological polar surface area (TPSA) is 96.2 Å². The number of carbonyl (C=O) groups is 1. The van der Waals surface area contributed by atoms with Crippen LogP contribution in [0.25, 0.3) is 0 Å². The predicted octanol–water partition coefficient (Wildman–Crippen LogP) is 11.5. The van der Waals surface area contributed by atoms with E-state index in [4.69, 9.17) is 14.6 Å². The molecule has 3 N–H and O–H groups in total. The lowest BCUT2D eigenvalue weighted by atomic mass is 9.85. The Morgan fingerprint density at radius 3 is 1.51 bits per heavy atom. The van der Waals surface area contributed by atoms with Gasteiger partial charge in [0, 0.05) is 6.42 Å². The number of phenolic OH excluding ortho intramolecular Hbond substituents is 2. The fourth-order valence-electron chi connectivity index (χ4n) is 7.46. The highest BCUT2D eigenvalue weighted by Gasteiger charge is 2.34. The number of phenols is 2. The van der Waals surface area contributed by atoms with E-state index >= 15 is 0 Å². The summed E-state index contributed by atoms with van der Waals surface area (Å²) in [6.07, 6.45) is 16.2. The van der Waals surface area contributed by atoms with Crippen molar-refractivity contribution in [1.82, 2.24) is 0 Å². The fraction of sp³-hybridized carbons (Fsp3) is 0.698. The molecule has 49 heavy (non-hydrogen) atoms. The second-order valence-corrected chi connectivity index (χ2v) is 16.6. The third-order valence-electron chi connectivity index (χ3n) is 11.5. The van der Waals surface area contributed by atoms with E-state index in [2.05, 4.69) is 41.5 Å². The lowest BCUT2D eigenvalue weighted by molar-refractivity contribution is -0.138. The quantitative estimate of drug-likeness (QED) is 0.173. The summed E-state index contributed by atoms with van der Waals surface area (Å²) in [6.45, 7) is 21.6. The first-order valence-electron chi connectivity index (χ1n) is 19.2. The Balaban J connectivity index is 0.000000293. The zero-order valence-electron chi connectivity index (χ0n) is 32.6. The molecule has 4 unspecified atom stereocenters. The van der Waals surface area contributed by atoms with Crippen LogP contribution >= 0.6 is 0 Å². The highest BCUT2D eigenvalue weighted by Crippen LogP contribution is 2.43. The van der Waals surface area contributed by atoms with Crippen LogP contribution in [0.4, 0.5) is 0 Å². The van der Waals surface area contributed by atoms with Gasteiger partial charge in [-0.25, -0.2) is 0 Å². The molecule has 0 saturated heterocycles. The van der Waals surface area contributed by atoms with E-state index < -0.39 is 11.6 Å². The SMILES string of the molecule is Cc1c(O)cc2c(c1C)OC(C)(CCC(=O)O)CC2.Cc1c(O)cc2c(c1C)OC(C)(CCCC(C)CCCC(C)CCCC(C)C)CC2. The molecule has 0 bridgehead atoms. The van der Waals surface area contributed by atoms with E-state index in [1.54, 1.807) is 6.07 Å². The molecular formula is C43H68O6. The summed E-state index contributed by atoms with van der Waals surface area (Å²) in [5.74, 6) is 4.29. The molecular weight excluding hydrogens is 612 g/mol. The lowest BCUT2D eigenvalue weighted by Crippen LogP contribution is -2.37. The molecule has 0 saturated carbocycles. The molecule has 276 valence electrons. The number of ether oxygens (including phenoxy) is 2. The highest BCUT2D eigenvalue weighted by molar-refractivity contribution is 5.66. The third-order valence-corrected chi connectivity index (χ3v) is 11.5. The van der Waals surface area contributed by atoms with Gasteiger partial charge >= 0.3 is 5.97 Å². The smallest absolute Gasteiger partial charge is 0.303 e. The minimum absolute atomic E-state index is 0.0637. The highest BCUT2D eigenvalue weighted by atomic mass is 16.5. The van der Waals surface area contributed by atoms with E-state index in [-0.39, 0.29) is 12.0 Å². The van der Waals surface area contributed by atoms with Gasteiger partial charge in [0.25, 0.3) is 0 Å². The summed E-state index contributed by atoms with van der Waals surface area (Å²) in [4.78, 5) is 10.7. The van der Waals surface area contributed by atoms with Crippen LogP contribution in [0.3, 0.4) is 0 Å². The molecule has 0 radical (unpaired) electrons. The molecule has 2 aromatic carbocycles. The largest absolute Gasteiger partial charge is 0.508 e. The van der Waals surface area contributed by atoms with Gasteiger partial charge in [-0.2, -0.15) is 0 Å². The fourth-order valence-corrected chi connectivity index (χ4v) is 7.46. The Bertz CT molecular complexity index is 1400. The number of aliphatic carboxylic acids is 1. The molecule has 0 aromatic heterocycles. The zero-order chi connectivity index (χ0) is 36.5. The molecule has 0 amide bonds. The van der Waals surface area contributed by atoms with Gasteiger partial charge in [0.15, 0.2) is 0 Å². The summed E-state index contributed by atoms with van der Waals surface area (Å²) in [5, 5.41) is 28.7. The van der Waals surface area contributed by atoms with Crippen molar-refractivity contribution in [3.63, 3.8) is 0 Å². The number of benzene rings is 2. The molecule has 2 aromatic rings. The van der Waals surface area contributed by atoms with Gasteiger partial charge < -0.3 is 24.8 Å². The number of hydrogen-bond donors (Lipinski definition) is 3. The maximum Gasteiger partial charge on any atom is 0.303 e. The molecule has 0 fully saturated rings. The Morgan fingerprint density at radius 1 is 0.673 bits per heavy atom. The van der Waals surface area contributed by atoms with Crippen LogP contribution < -0.4 is 9.47 Å². The first kappa shape index (κ1) is 40.5. The van der Waals surface area contributed by atoms with E-state index in [0.29, 0.717) is 17.9 Å². The number of hydrogen-bond acceptors (Lipinski definition) is 5. The molecule has 0 aliphatic carbocycles. The number of aromatic hydroxyl groups is 2. The van der Waals surface area contributed by atoms with E-state index in [0.717, 1.165) is 89.2 Å². The van der Waals surface area contributed by atoms with Crippen LogP contribution in [-0.2, 0) is 17.6 Å². The number of fused-ring (bicyclic) bond motifs is 2. The van der Waals surface area contributed by atoms with Gasteiger partial charge in [0.2, 0.25) is 0 Å². The standard InChI is InChI=1S/C28H48O2.C15H20O4/c1-20(2)11-8-12-21(3)13-9-14-22(4)15-10-17-28(7)18-16-25-19-26(29)23(5)24(6)27(25)30-28;1-9-10(2)14-11(8-12(9)16)4-6-15(3,19-14)7-5-13(17)18/h19-22,29H,8-18H2,1-7H3;8,16H,4-7H2,1-3H3,(H,17,18). The number of aryl methyl sites for hydroxylation is 2. The minimum atomic E-state index is -0.797. The van der Waals surface area contributed by atoms with Crippen molar-refractivity contribution in [2.75, 3.05) is 0 Å². The summed E-state index contributed by atoms with van der Waals surface area (Å²) in [5.41, 5.74) is 5.50. The molecule has 4 rings (SSSR count). The molecule has 6 heteroatoms. The maximum absolute atomic E-state index is 10.7. The normalized spacial score (nSPS) is 21.0. The van der Waals surface area contributed by atoms with Gasteiger partial charge in [-0.3, -0.25) is 4.79 Å². The number of carboxylic acid groups (broad SMARTS) is 1. The van der Waals surface area contributed by atoms with Crippen molar-refractivity contribution in [2.45, 2.75) is 177 Å². The maximum atomic E-state index is 10.7. The van der Waals surface area contributed by atoms with Crippen molar-refractivity contribution >= 4 is 5.97 Å². The average molecular weight is 681 g/mol. The number of carboxylic acids is 1. The van der Waals surface area contributed by atoms with E-state index in [1.807, 2.05) is 33.8 Å². The second-order valence-electron chi connectivity index (χ2n) is 16.6. The summed E-state index contributed by atoms with van der Waals surface area (Å²) >= 11 is 0. The molecule has 6 nitrogen and oxygen atoms in total. The van der Waals surface area contributed by atoms with Crippen molar-refractivity contribution in [3.8, 4) is 23.0 Å². The minimum Gasteiger partial charge on any atom is -0.508 e. The summed E-state index contributed by atoms with van der Waals surface area (Å²) in [7, 11) is 0. The van der Waals surface area contributed by atoms with Crippen molar-refractivity contribution < 1.29 is 29.6 Å². The van der Waals surface area contributed by atoms with Gasteiger partial charge in [-0.05, 0) is 150 Å². The summed E-state index contributed by atoms with van der Waals surface area (Å²) in [6, 6.07) is 3.66. The molecule has 2 heterocycles. The van der Waals surface area contributed by atoms with Crippen LogP contribution in [0.5, 0.6) is 23.0 Å². The van der Waals surface area contributed by atoms with Crippen LogP contribution in [0.2, 0.25) is 0 Å². The van der Waals surface area contributed by atoms with E-state index in [9.17, 15) is 15.0 Å². The van der Waals surface area contributed by atoms with Crippen molar-refractivity contribution in [1.29, 1.82) is 0 Å². The molecule has 2 aliphatic rings. The Morgan fingerprint density at radius 2 is 1.08 bits per heavy atom. The Kier molecular flexibility index (Phi) is 14.8. The lowest BCUT2D eigenvalue weighted by Gasteiger charge is -2.37. The summed E-state index contributed by atoms with van der Waals surface area (Å²) < 4.78 is 12.6. The Labute approximate surface area is 298 Å². The third kappa shape index (κ3) is 11.9. The van der Waals surface area contributed by atoms with Crippen LogP contribution in [0.15, 0.2) is 12.1 Å².